The fourth-order valence-corrected chi connectivity index (χ4v) is 2.31. The van der Waals surface area contributed by atoms with Gasteiger partial charge in [0.25, 0.3) is 0 Å². The van der Waals surface area contributed by atoms with Gasteiger partial charge >= 0.3 is 12.0 Å². The second-order valence-electron chi connectivity index (χ2n) is 6.22. The average Bonchev–Trinajstić information content (AvgIpc) is 2.57. The molecule has 0 aliphatic rings. The Morgan fingerprint density at radius 2 is 1.72 bits per heavy atom. The van der Waals surface area contributed by atoms with Crippen molar-refractivity contribution >= 4 is 17.9 Å². The highest BCUT2D eigenvalue weighted by Gasteiger charge is 2.28. The molecule has 0 bridgehead atoms. The summed E-state index contributed by atoms with van der Waals surface area (Å²) in [5, 5.41) is 17.0. The van der Waals surface area contributed by atoms with Gasteiger partial charge in [0.2, 0.25) is 5.91 Å². The third-order valence-corrected chi connectivity index (χ3v) is 3.72. The van der Waals surface area contributed by atoms with Gasteiger partial charge < -0.3 is 21.1 Å². The van der Waals surface area contributed by atoms with Crippen molar-refractivity contribution in [2.24, 2.45) is 5.92 Å². The summed E-state index contributed by atoms with van der Waals surface area (Å²) in [6.07, 6.45) is 0.973. The Kier molecular flexibility index (Phi) is 8.46. The third kappa shape index (κ3) is 7.24. The number of carbonyl (C=O) groups excluding carboxylic acids is 2. The van der Waals surface area contributed by atoms with Crippen LogP contribution in [0.3, 0.4) is 0 Å². The Morgan fingerprint density at radius 3 is 2.24 bits per heavy atom. The van der Waals surface area contributed by atoms with Crippen LogP contribution in [0.25, 0.3) is 0 Å². The molecule has 0 fully saturated rings. The van der Waals surface area contributed by atoms with Crippen LogP contribution in [0.1, 0.15) is 39.2 Å². The minimum absolute atomic E-state index is 0.182. The number of amides is 3. The van der Waals surface area contributed by atoms with Crippen LogP contribution < -0.4 is 16.0 Å². The molecule has 25 heavy (non-hydrogen) atoms. The van der Waals surface area contributed by atoms with Gasteiger partial charge in [-0.15, -0.1) is 0 Å². The number of urea groups is 1. The lowest BCUT2D eigenvalue weighted by Gasteiger charge is -2.24. The lowest BCUT2D eigenvalue weighted by Crippen LogP contribution is -2.55. The summed E-state index contributed by atoms with van der Waals surface area (Å²) in [4.78, 5) is 35.6. The fraction of sp³-hybridized carbons (Fsp3) is 0.500. The van der Waals surface area contributed by atoms with Crippen molar-refractivity contribution in [1.82, 2.24) is 16.0 Å². The quantitative estimate of drug-likeness (QED) is 0.546. The average molecular weight is 349 g/mol. The van der Waals surface area contributed by atoms with E-state index in [0.717, 1.165) is 5.56 Å². The standard InChI is InChI=1S/C18H27N3O4/c1-4-8-14(17(23)24)20-16(22)15(12(2)3)21-18(25)19-11-13-9-6-5-7-10-13/h5-7,9-10,12,14-15H,4,8,11H2,1-3H3,(H,20,22)(H,23,24)(H2,19,21,25). The predicted molar refractivity (Wildman–Crippen MR) is 94.9 cm³/mol. The van der Waals surface area contributed by atoms with Crippen molar-refractivity contribution in [1.29, 1.82) is 0 Å². The minimum atomic E-state index is -1.08. The summed E-state index contributed by atoms with van der Waals surface area (Å²) in [6, 6.07) is 7.17. The van der Waals surface area contributed by atoms with E-state index in [4.69, 9.17) is 5.11 Å². The highest BCUT2D eigenvalue weighted by atomic mass is 16.4. The van der Waals surface area contributed by atoms with E-state index in [0.29, 0.717) is 19.4 Å². The Hall–Kier alpha value is -2.57. The summed E-state index contributed by atoms with van der Waals surface area (Å²) in [5.74, 6) is -1.75. The Labute approximate surface area is 148 Å². The van der Waals surface area contributed by atoms with Gasteiger partial charge in [0.05, 0.1) is 0 Å². The van der Waals surface area contributed by atoms with Crippen LogP contribution in [0.4, 0.5) is 4.79 Å². The van der Waals surface area contributed by atoms with E-state index in [1.807, 2.05) is 37.3 Å². The zero-order chi connectivity index (χ0) is 18.8. The lowest BCUT2D eigenvalue weighted by molar-refractivity contribution is -0.142. The first-order valence-electron chi connectivity index (χ1n) is 8.46. The normalized spacial score (nSPS) is 13.0. The molecular formula is C18H27N3O4. The number of carboxylic acids is 1. The van der Waals surface area contributed by atoms with Crippen molar-refractivity contribution in [3.8, 4) is 0 Å². The summed E-state index contributed by atoms with van der Waals surface area (Å²) >= 11 is 0. The Balaban J connectivity index is 2.61. The molecule has 0 aliphatic heterocycles. The van der Waals surface area contributed by atoms with Crippen molar-refractivity contribution < 1.29 is 19.5 Å². The number of carbonyl (C=O) groups is 3. The largest absolute Gasteiger partial charge is 0.480 e. The lowest BCUT2D eigenvalue weighted by atomic mass is 10.0. The molecule has 1 rings (SSSR count). The van der Waals surface area contributed by atoms with Gasteiger partial charge in [0.15, 0.2) is 0 Å². The van der Waals surface area contributed by atoms with Crippen LogP contribution in [-0.2, 0) is 16.1 Å². The van der Waals surface area contributed by atoms with E-state index >= 15 is 0 Å². The molecule has 3 amide bonds. The number of hydrogen-bond donors (Lipinski definition) is 4. The number of carboxylic acid groups (broad SMARTS) is 1. The Bertz CT molecular complexity index is 575. The van der Waals surface area contributed by atoms with Crippen LogP contribution >= 0.6 is 0 Å². The minimum Gasteiger partial charge on any atom is -0.480 e. The van der Waals surface area contributed by atoms with Gasteiger partial charge in [0, 0.05) is 6.54 Å². The number of rotatable bonds is 9. The van der Waals surface area contributed by atoms with E-state index in [1.165, 1.54) is 0 Å². The molecule has 7 nitrogen and oxygen atoms in total. The first kappa shape index (κ1) is 20.5. The van der Waals surface area contributed by atoms with Crippen LogP contribution in [0.5, 0.6) is 0 Å². The molecule has 2 atom stereocenters. The smallest absolute Gasteiger partial charge is 0.326 e. The molecule has 2 unspecified atom stereocenters. The second kappa shape index (κ2) is 10.3. The van der Waals surface area contributed by atoms with Gasteiger partial charge in [-0.3, -0.25) is 4.79 Å². The van der Waals surface area contributed by atoms with E-state index < -0.39 is 30.0 Å². The number of nitrogens with one attached hydrogen (secondary N) is 3. The monoisotopic (exact) mass is 349 g/mol. The predicted octanol–water partition coefficient (Wildman–Crippen LogP) is 1.88. The molecular weight excluding hydrogens is 322 g/mol. The van der Waals surface area contributed by atoms with Crippen molar-refractivity contribution in [2.45, 2.75) is 52.2 Å². The van der Waals surface area contributed by atoms with E-state index in [-0.39, 0.29) is 5.92 Å². The van der Waals surface area contributed by atoms with Gasteiger partial charge in [-0.25, -0.2) is 9.59 Å². The highest BCUT2D eigenvalue weighted by Crippen LogP contribution is 2.05. The molecule has 0 spiro atoms. The second-order valence-corrected chi connectivity index (χ2v) is 6.22. The first-order valence-corrected chi connectivity index (χ1v) is 8.46. The van der Waals surface area contributed by atoms with Gasteiger partial charge in [0.1, 0.15) is 12.1 Å². The summed E-state index contributed by atoms with van der Waals surface area (Å²) in [7, 11) is 0. The van der Waals surface area contributed by atoms with E-state index in [1.54, 1.807) is 13.8 Å². The van der Waals surface area contributed by atoms with Crippen LogP contribution in [0.15, 0.2) is 30.3 Å². The van der Waals surface area contributed by atoms with Crippen molar-refractivity contribution in [3.05, 3.63) is 35.9 Å². The first-order chi connectivity index (χ1) is 11.8. The van der Waals surface area contributed by atoms with Gasteiger partial charge in [-0.2, -0.15) is 0 Å². The van der Waals surface area contributed by atoms with Crippen molar-refractivity contribution in [3.63, 3.8) is 0 Å². The van der Waals surface area contributed by atoms with Gasteiger partial charge in [-0.05, 0) is 17.9 Å². The molecule has 0 heterocycles. The fourth-order valence-electron chi connectivity index (χ4n) is 2.31. The van der Waals surface area contributed by atoms with Crippen LogP contribution in [0.2, 0.25) is 0 Å². The number of hydrogen-bond acceptors (Lipinski definition) is 3. The number of benzene rings is 1. The van der Waals surface area contributed by atoms with E-state index in [9.17, 15) is 14.4 Å². The van der Waals surface area contributed by atoms with Gasteiger partial charge in [-0.1, -0.05) is 57.5 Å². The van der Waals surface area contributed by atoms with E-state index in [2.05, 4.69) is 16.0 Å². The van der Waals surface area contributed by atoms with Crippen LogP contribution in [0, 0.1) is 5.92 Å². The maximum absolute atomic E-state index is 12.4. The maximum atomic E-state index is 12.4. The molecule has 0 saturated heterocycles. The zero-order valence-electron chi connectivity index (χ0n) is 14.9. The molecule has 1 aromatic carbocycles. The molecule has 0 radical (unpaired) electrons. The molecule has 0 saturated carbocycles. The molecule has 4 N–H and O–H groups in total. The summed E-state index contributed by atoms with van der Waals surface area (Å²) in [5.41, 5.74) is 0.942. The molecule has 0 aliphatic carbocycles. The summed E-state index contributed by atoms with van der Waals surface area (Å²) < 4.78 is 0. The SMILES string of the molecule is CCCC(NC(=O)C(NC(=O)NCc1ccccc1)C(C)C)C(=O)O. The topological polar surface area (TPSA) is 108 Å². The molecule has 0 aromatic heterocycles. The number of aliphatic carboxylic acids is 1. The summed E-state index contributed by atoms with van der Waals surface area (Å²) in [6.45, 7) is 5.76. The molecule has 138 valence electrons. The van der Waals surface area contributed by atoms with Crippen LogP contribution in [-0.4, -0.2) is 35.1 Å². The van der Waals surface area contributed by atoms with Crippen molar-refractivity contribution in [2.75, 3.05) is 0 Å². The third-order valence-electron chi connectivity index (χ3n) is 3.72. The Morgan fingerprint density at radius 1 is 1.08 bits per heavy atom. The molecule has 7 heteroatoms. The molecule has 1 aromatic rings. The maximum Gasteiger partial charge on any atom is 0.326 e. The zero-order valence-corrected chi connectivity index (χ0v) is 14.9. The highest BCUT2D eigenvalue weighted by molar-refractivity contribution is 5.90.